The third-order valence-electron chi connectivity index (χ3n) is 4.64. The molecule has 1 aromatic heterocycles. The fourth-order valence-electron chi connectivity index (χ4n) is 3.09. The molecule has 134 valence electrons. The maximum atomic E-state index is 14.1. The Morgan fingerprint density at radius 3 is 2.77 bits per heavy atom. The van der Waals surface area contributed by atoms with Crippen LogP contribution in [0, 0.1) is 18.2 Å². The number of benzene rings is 1. The largest absolute Gasteiger partial charge is 0.356 e. The maximum absolute atomic E-state index is 14.1. The highest BCUT2D eigenvalue weighted by molar-refractivity contribution is 6.11. The Morgan fingerprint density at radius 1 is 1.35 bits per heavy atom. The molecule has 6 heteroatoms. The molecule has 0 spiro atoms. The molecule has 1 saturated heterocycles. The van der Waals surface area contributed by atoms with Crippen molar-refractivity contribution in [1.82, 2.24) is 15.2 Å². The van der Waals surface area contributed by atoms with E-state index in [0.717, 1.165) is 25.9 Å². The number of ketones is 1. The lowest BCUT2D eigenvalue weighted by atomic mass is 9.99. The molecule has 0 atom stereocenters. The third-order valence-corrected chi connectivity index (χ3v) is 4.64. The topological polar surface area (TPSA) is 65.2 Å². The van der Waals surface area contributed by atoms with E-state index in [0.29, 0.717) is 0 Å². The molecule has 1 amide bonds. The number of halogens is 1. The first-order valence-electron chi connectivity index (χ1n) is 8.47. The normalized spacial score (nSPS) is 15.4. The Labute approximate surface area is 151 Å². The van der Waals surface area contributed by atoms with Gasteiger partial charge in [-0.1, -0.05) is 12.0 Å². The average molecular weight is 353 g/mol. The molecule has 3 rings (SSSR count). The summed E-state index contributed by atoms with van der Waals surface area (Å²) in [4.78, 5) is 30.0. The predicted octanol–water partition coefficient (Wildman–Crippen LogP) is 2.19. The third kappa shape index (κ3) is 3.68. The van der Waals surface area contributed by atoms with Crippen LogP contribution in [0.1, 0.15) is 44.8 Å². The summed E-state index contributed by atoms with van der Waals surface area (Å²) >= 11 is 0. The SMILES string of the molecule is C#Cc1cccc(F)c1C(=O)c1c[nH]c(C(=O)NC2CCN(C)CC2)c1. The molecule has 1 aliphatic heterocycles. The van der Waals surface area contributed by atoms with Crippen LogP contribution in [-0.2, 0) is 0 Å². The Kier molecular flexibility index (Phi) is 5.19. The second-order valence-electron chi connectivity index (χ2n) is 6.49. The Balaban J connectivity index is 1.75. The van der Waals surface area contributed by atoms with Crippen molar-refractivity contribution in [1.29, 1.82) is 0 Å². The Hall–Kier alpha value is -2.91. The van der Waals surface area contributed by atoms with Gasteiger partial charge < -0.3 is 15.2 Å². The van der Waals surface area contributed by atoms with Gasteiger partial charge in [0, 0.05) is 23.4 Å². The number of nitrogens with zero attached hydrogens (tertiary/aromatic N) is 1. The summed E-state index contributed by atoms with van der Waals surface area (Å²) in [6.07, 6.45) is 8.53. The number of nitrogens with one attached hydrogen (secondary N) is 2. The molecule has 0 unspecified atom stereocenters. The number of hydrogen-bond donors (Lipinski definition) is 2. The predicted molar refractivity (Wildman–Crippen MR) is 96.5 cm³/mol. The lowest BCUT2D eigenvalue weighted by Crippen LogP contribution is -2.43. The Morgan fingerprint density at radius 2 is 2.08 bits per heavy atom. The van der Waals surface area contributed by atoms with Crippen molar-refractivity contribution < 1.29 is 14.0 Å². The van der Waals surface area contributed by atoms with Gasteiger partial charge in [-0.05, 0) is 51.2 Å². The zero-order chi connectivity index (χ0) is 18.7. The smallest absolute Gasteiger partial charge is 0.267 e. The number of H-pyrrole nitrogens is 1. The van der Waals surface area contributed by atoms with Crippen LogP contribution in [0.15, 0.2) is 30.5 Å². The van der Waals surface area contributed by atoms with Crippen LogP contribution in [0.5, 0.6) is 0 Å². The second-order valence-corrected chi connectivity index (χ2v) is 6.49. The van der Waals surface area contributed by atoms with Crippen molar-refractivity contribution in [2.45, 2.75) is 18.9 Å². The standard InChI is InChI=1S/C20H20FN3O2/c1-3-13-5-4-6-16(21)18(13)19(25)14-11-17(22-12-14)20(26)23-15-7-9-24(2)10-8-15/h1,4-6,11-12,15,22H,7-10H2,2H3,(H,23,26). The van der Waals surface area contributed by atoms with Crippen LogP contribution >= 0.6 is 0 Å². The van der Waals surface area contributed by atoms with E-state index in [-0.39, 0.29) is 34.3 Å². The number of terminal acetylenes is 1. The van der Waals surface area contributed by atoms with E-state index in [1.807, 2.05) is 7.05 Å². The maximum Gasteiger partial charge on any atom is 0.267 e. The molecule has 1 fully saturated rings. The van der Waals surface area contributed by atoms with Gasteiger partial charge >= 0.3 is 0 Å². The first-order valence-corrected chi connectivity index (χ1v) is 8.47. The van der Waals surface area contributed by atoms with E-state index in [9.17, 15) is 14.0 Å². The molecule has 1 aromatic carbocycles. The molecule has 1 aliphatic rings. The summed E-state index contributed by atoms with van der Waals surface area (Å²) in [5.74, 6) is 0.819. The molecule has 2 N–H and O–H groups in total. The minimum absolute atomic E-state index is 0.112. The van der Waals surface area contributed by atoms with Crippen LogP contribution in [0.2, 0.25) is 0 Å². The van der Waals surface area contributed by atoms with Crippen molar-refractivity contribution in [2.75, 3.05) is 20.1 Å². The van der Waals surface area contributed by atoms with Crippen LogP contribution < -0.4 is 5.32 Å². The number of aromatic nitrogens is 1. The summed E-state index contributed by atoms with van der Waals surface area (Å²) in [6.45, 7) is 1.86. The fourth-order valence-corrected chi connectivity index (χ4v) is 3.09. The van der Waals surface area contributed by atoms with Gasteiger partial charge in [-0.2, -0.15) is 0 Å². The number of aromatic amines is 1. The quantitative estimate of drug-likeness (QED) is 0.654. The fraction of sp³-hybridized carbons (Fsp3) is 0.300. The average Bonchev–Trinajstić information content (AvgIpc) is 3.13. The van der Waals surface area contributed by atoms with Crippen molar-refractivity contribution in [3.8, 4) is 12.3 Å². The van der Waals surface area contributed by atoms with Crippen molar-refractivity contribution in [2.24, 2.45) is 0 Å². The zero-order valence-corrected chi connectivity index (χ0v) is 14.5. The molecule has 0 aliphatic carbocycles. The second kappa shape index (κ2) is 7.54. The minimum Gasteiger partial charge on any atom is -0.356 e. The summed E-state index contributed by atoms with van der Waals surface area (Å²) in [5.41, 5.74) is 0.496. The summed E-state index contributed by atoms with van der Waals surface area (Å²) in [5, 5.41) is 2.97. The van der Waals surface area contributed by atoms with E-state index in [2.05, 4.69) is 21.1 Å². The summed E-state index contributed by atoms with van der Waals surface area (Å²) < 4.78 is 14.1. The number of hydrogen-bond acceptors (Lipinski definition) is 3. The molecular weight excluding hydrogens is 333 g/mol. The van der Waals surface area contributed by atoms with Gasteiger partial charge in [0.1, 0.15) is 11.5 Å². The first-order chi connectivity index (χ1) is 12.5. The number of amides is 1. The van der Waals surface area contributed by atoms with Crippen LogP contribution in [-0.4, -0.2) is 47.8 Å². The number of carbonyl (C=O) groups is 2. The van der Waals surface area contributed by atoms with Crippen molar-refractivity contribution in [3.05, 3.63) is 58.7 Å². The number of rotatable bonds is 4. The number of likely N-dealkylation sites (tertiary alicyclic amines) is 1. The lowest BCUT2D eigenvalue weighted by Gasteiger charge is -2.29. The minimum atomic E-state index is -0.677. The van der Waals surface area contributed by atoms with Gasteiger partial charge in [-0.25, -0.2) is 4.39 Å². The molecule has 2 aromatic rings. The molecule has 5 nitrogen and oxygen atoms in total. The van der Waals surface area contributed by atoms with Crippen LogP contribution in [0.25, 0.3) is 0 Å². The van der Waals surface area contributed by atoms with Crippen LogP contribution in [0.4, 0.5) is 4.39 Å². The van der Waals surface area contributed by atoms with Crippen molar-refractivity contribution in [3.63, 3.8) is 0 Å². The van der Waals surface area contributed by atoms with E-state index < -0.39 is 11.6 Å². The van der Waals surface area contributed by atoms with Gasteiger partial charge in [0.15, 0.2) is 5.78 Å². The highest BCUT2D eigenvalue weighted by Crippen LogP contribution is 2.19. The van der Waals surface area contributed by atoms with E-state index in [4.69, 9.17) is 6.42 Å². The van der Waals surface area contributed by atoms with Gasteiger partial charge in [-0.15, -0.1) is 6.42 Å². The molecule has 2 heterocycles. The number of piperidine rings is 1. The lowest BCUT2D eigenvalue weighted by molar-refractivity contribution is 0.0912. The highest BCUT2D eigenvalue weighted by atomic mass is 19.1. The molecule has 26 heavy (non-hydrogen) atoms. The van der Waals surface area contributed by atoms with Crippen molar-refractivity contribution >= 4 is 11.7 Å². The molecule has 0 saturated carbocycles. The first kappa shape index (κ1) is 17.9. The van der Waals surface area contributed by atoms with E-state index >= 15 is 0 Å². The molecule has 0 bridgehead atoms. The number of carbonyl (C=O) groups excluding carboxylic acids is 2. The van der Waals surface area contributed by atoms with Gasteiger partial charge in [0.2, 0.25) is 0 Å². The molecule has 0 radical (unpaired) electrons. The zero-order valence-electron chi connectivity index (χ0n) is 14.5. The monoisotopic (exact) mass is 353 g/mol. The summed E-state index contributed by atoms with van der Waals surface area (Å²) in [6, 6.07) is 5.70. The van der Waals surface area contributed by atoms with Crippen LogP contribution in [0.3, 0.4) is 0 Å². The van der Waals surface area contributed by atoms with Gasteiger partial charge in [-0.3, -0.25) is 9.59 Å². The highest BCUT2D eigenvalue weighted by Gasteiger charge is 2.22. The van der Waals surface area contributed by atoms with Gasteiger partial charge in [0.25, 0.3) is 5.91 Å². The molecular formula is C20H20FN3O2. The van der Waals surface area contributed by atoms with E-state index in [1.165, 1.54) is 30.5 Å². The summed E-state index contributed by atoms with van der Waals surface area (Å²) in [7, 11) is 2.05. The Bertz CT molecular complexity index is 873. The van der Waals surface area contributed by atoms with E-state index in [1.54, 1.807) is 0 Å². The van der Waals surface area contributed by atoms with Gasteiger partial charge in [0.05, 0.1) is 5.56 Å².